The smallest absolute Gasteiger partial charge is 0.127 e. The monoisotopic (exact) mass is 568 g/mol. The first-order valence-electron chi connectivity index (χ1n) is 10.4. The van der Waals surface area contributed by atoms with Crippen molar-refractivity contribution in [2.75, 3.05) is 0 Å². The molecule has 7 heteroatoms. The Hall–Kier alpha value is -1.38. The summed E-state index contributed by atoms with van der Waals surface area (Å²) in [5.41, 5.74) is 1.75. The van der Waals surface area contributed by atoms with Crippen LogP contribution in [0.3, 0.4) is 0 Å². The van der Waals surface area contributed by atoms with Crippen molar-refractivity contribution in [1.82, 2.24) is 0 Å². The Morgan fingerprint density at radius 3 is 1.39 bits per heavy atom. The van der Waals surface area contributed by atoms with Gasteiger partial charge >= 0.3 is 69.5 Å². The summed E-state index contributed by atoms with van der Waals surface area (Å²) in [6, 6.07) is 9.84. The SMILES string of the molecule is CCC[CH2][Sn+2][CH2]CCC.Cc1cccc(C(=O)[S-])c1O.Cc1cccc(C(=O)[S-])c1O. The van der Waals surface area contributed by atoms with Crippen LogP contribution in [0.15, 0.2) is 36.4 Å². The summed E-state index contributed by atoms with van der Waals surface area (Å²) in [6.07, 6.45) is 5.84. The van der Waals surface area contributed by atoms with Crippen molar-refractivity contribution in [1.29, 1.82) is 0 Å². The molecule has 0 amide bonds. The fourth-order valence-electron chi connectivity index (χ4n) is 2.38. The van der Waals surface area contributed by atoms with Crippen LogP contribution in [-0.4, -0.2) is 41.6 Å². The third kappa shape index (κ3) is 12.3. The summed E-state index contributed by atoms with van der Waals surface area (Å²) in [4.78, 5) is 21.3. The molecule has 0 aliphatic rings. The van der Waals surface area contributed by atoms with E-state index in [1.165, 1.54) is 37.8 Å². The quantitative estimate of drug-likeness (QED) is 0.235. The Morgan fingerprint density at radius 1 is 0.774 bits per heavy atom. The van der Waals surface area contributed by atoms with Crippen molar-refractivity contribution >= 4 is 56.6 Å². The number of aromatic hydroxyl groups is 2. The Labute approximate surface area is 207 Å². The number of rotatable bonds is 8. The largest absolute Gasteiger partial charge is 0.737 e. The van der Waals surface area contributed by atoms with E-state index in [4.69, 9.17) is 0 Å². The van der Waals surface area contributed by atoms with E-state index in [1.54, 1.807) is 47.0 Å². The number of phenols is 2. The summed E-state index contributed by atoms with van der Waals surface area (Å²) in [6.45, 7) is 8.02. The molecule has 0 unspecified atom stereocenters. The molecule has 0 aliphatic heterocycles. The minimum absolute atomic E-state index is 0.00694. The predicted molar refractivity (Wildman–Crippen MR) is 134 cm³/mol. The normalized spacial score (nSPS) is 9.42. The second-order valence-electron chi connectivity index (χ2n) is 6.97. The molecule has 0 saturated carbocycles. The minimum atomic E-state index is -0.522. The van der Waals surface area contributed by atoms with Crippen LogP contribution in [0.5, 0.6) is 11.5 Å². The maximum Gasteiger partial charge on any atom is 0.127 e. The number of carbonyl (C=O) groups excluding carboxylic acids is 2. The number of carbonyl (C=O) groups is 2. The average Bonchev–Trinajstić information content (AvgIpc) is 2.72. The number of aryl methyl sites for hydroxylation is 2. The van der Waals surface area contributed by atoms with Gasteiger partial charge in [0, 0.05) is 21.4 Å². The topological polar surface area (TPSA) is 74.6 Å². The number of hydrogen-bond acceptors (Lipinski definition) is 6. The van der Waals surface area contributed by atoms with E-state index in [9.17, 15) is 19.8 Å². The number of hydrogen-bond donors (Lipinski definition) is 2. The molecule has 0 aliphatic carbocycles. The Morgan fingerprint density at radius 2 is 1.13 bits per heavy atom. The molecule has 0 atom stereocenters. The van der Waals surface area contributed by atoms with E-state index >= 15 is 0 Å². The zero-order chi connectivity index (χ0) is 23.8. The third-order valence-electron chi connectivity index (χ3n) is 4.33. The number of benzene rings is 2. The van der Waals surface area contributed by atoms with Gasteiger partial charge in [-0.05, 0) is 37.1 Å². The van der Waals surface area contributed by atoms with Crippen molar-refractivity contribution in [3.8, 4) is 11.5 Å². The molecule has 0 saturated heterocycles. The van der Waals surface area contributed by atoms with E-state index in [1.807, 2.05) is 0 Å². The van der Waals surface area contributed by atoms with E-state index in [0.717, 1.165) is 0 Å². The standard InChI is InChI=1S/2C8H8O2S.2C4H9.Sn/c2*1-5-3-2-4-6(7(5)9)8(10)11;2*1-3-4-2;/h2*2-4,9H,1H3,(H,10,11);2*1,3-4H2,2H3;/q;;;;+2/p-2. The van der Waals surface area contributed by atoms with Gasteiger partial charge in [0.05, 0.1) is 0 Å². The third-order valence-corrected chi connectivity index (χ3v) is 8.81. The second-order valence-corrected chi connectivity index (χ2v) is 12.0. The van der Waals surface area contributed by atoms with Crippen molar-refractivity contribution in [3.63, 3.8) is 0 Å². The van der Waals surface area contributed by atoms with Gasteiger partial charge in [-0.2, -0.15) is 0 Å². The first kappa shape index (κ1) is 29.6. The van der Waals surface area contributed by atoms with E-state index < -0.39 is 10.2 Å². The fourth-order valence-corrected chi connectivity index (χ4v) is 6.86. The zero-order valence-electron chi connectivity index (χ0n) is 18.7. The molecule has 2 N–H and O–H groups in total. The summed E-state index contributed by atoms with van der Waals surface area (Å²) in [5, 5.41) is 17.5. The molecule has 0 heterocycles. The molecule has 31 heavy (non-hydrogen) atoms. The molecule has 0 spiro atoms. The van der Waals surface area contributed by atoms with Crippen LogP contribution in [0.4, 0.5) is 0 Å². The van der Waals surface area contributed by atoms with Crippen LogP contribution in [-0.2, 0) is 25.3 Å². The fraction of sp³-hybridized carbons (Fsp3) is 0.417. The van der Waals surface area contributed by atoms with Crippen molar-refractivity contribution in [3.05, 3.63) is 58.7 Å². The van der Waals surface area contributed by atoms with Crippen LogP contribution < -0.4 is 0 Å². The van der Waals surface area contributed by atoms with Crippen LogP contribution in [0.2, 0.25) is 8.87 Å². The number of phenolic OH excluding ortho intramolecular Hbond substituents is 2. The molecule has 4 nitrogen and oxygen atoms in total. The summed E-state index contributed by atoms with van der Waals surface area (Å²) in [5.74, 6) is -0.0139. The first-order chi connectivity index (χ1) is 14.7. The zero-order valence-corrected chi connectivity index (χ0v) is 23.2. The summed E-state index contributed by atoms with van der Waals surface area (Å²) < 4.78 is 3.25. The van der Waals surface area contributed by atoms with Gasteiger partial charge < -0.3 is 45.1 Å². The molecule has 0 radical (unpaired) electrons. The second kappa shape index (κ2) is 17.2. The van der Waals surface area contributed by atoms with Crippen molar-refractivity contribution < 1.29 is 19.8 Å². The van der Waals surface area contributed by atoms with Gasteiger partial charge in [0.25, 0.3) is 0 Å². The van der Waals surface area contributed by atoms with Gasteiger partial charge in [0.1, 0.15) is 11.5 Å². The number of para-hydroxylation sites is 2. The molecular weight excluding hydrogens is 535 g/mol. The molecule has 2 aromatic carbocycles. The molecular formula is C24H32O4S2Sn. The van der Waals surface area contributed by atoms with Crippen molar-refractivity contribution in [2.24, 2.45) is 0 Å². The van der Waals surface area contributed by atoms with Gasteiger partial charge in [-0.25, -0.2) is 0 Å². The van der Waals surface area contributed by atoms with Gasteiger partial charge in [0.2, 0.25) is 0 Å². The first-order valence-corrected chi connectivity index (χ1v) is 15.2. The van der Waals surface area contributed by atoms with Crippen LogP contribution in [0.1, 0.15) is 71.4 Å². The van der Waals surface area contributed by atoms with Crippen LogP contribution in [0.25, 0.3) is 0 Å². The maximum atomic E-state index is 10.7. The number of unbranched alkanes of at least 4 members (excludes halogenated alkanes) is 2. The molecule has 2 rings (SSSR count). The van der Waals surface area contributed by atoms with Gasteiger partial charge in [-0.1, -0.05) is 24.3 Å². The van der Waals surface area contributed by atoms with Gasteiger partial charge in [-0.15, -0.1) is 0 Å². The van der Waals surface area contributed by atoms with E-state index in [-0.39, 0.29) is 43.8 Å². The maximum absolute atomic E-state index is 10.7. The van der Waals surface area contributed by atoms with E-state index in [0.29, 0.717) is 11.1 Å². The Bertz CT molecular complexity index is 758. The van der Waals surface area contributed by atoms with Crippen LogP contribution >= 0.6 is 0 Å². The predicted octanol–water partition coefficient (Wildman–Crippen LogP) is 5.90. The molecule has 0 bridgehead atoms. The minimum Gasteiger partial charge on any atom is -0.737 e. The van der Waals surface area contributed by atoms with Gasteiger partial charge in [-0.3, -0.25) is 0 Å². The average molecular weight is 567 g/mol. The van der Waals surface area contributed by atoms with Crippen LogP contribution in [0, 0.1) is 13.8 Å². The summed E-state index contributed by atoms with van der Waals surface area (Å²) >= 11 is 8.94. The van der Waals surface area contributed by atoms with E-state index in [2.05, 4.69) is 39.1 Å². The van der Waals surface area contributed by atoms with Gasteiger partial charge in [0.15, 0.2) is 0 Å². The van der Waals surface area contributed by atoms with Crippen molar-refractivity contribution in [2.45, 2.75) is 62.3 Å². The molecule has 2 aromatic rings. The summed E-state index contributed by atoms with van der Waals surface area (Å²) in [7, 11) is 0. The molecule has 0 fully saturated rings. The molecule has 0 aromatic heterocycles. The Kier molecular flexibility index (Phi) is 16.4. The molecule has 168 valence electrons. The Balaban J connectivity index is 0.000000439.